The smallest absolute Gasteiger partial charge is 0.337 e. The van der Waals surface area contributed by atoms with Gasteiger partial charge in [-0.1, -0.05) is 12.1 Å². The van der Waals surface area contributed by atoms with E-state index in [1.807, 2.05) is 24.0 Å². The van der Waals surface area contributed by atoms with Gasteiger partial charge in [-0.25, -0.2) is 4.79 Å². The Morgan fingerprint density at radius 3 is 2.63 bits per heavy atom. The van der Waals surface area contributed by atoms with Gasteiger partial charge in [-0.3, -0.25) is 9.59 Å². The zero-order valence-corrected chi connectivity index (χ0v) is 20.5. The van der Waals surface area contributed by atoms with Gasteiger partial charge in [0.25, 0.3) is 5.91 Å². The number of allylic oxidation sites excluding steroid dienone is 1. The maximum atomic E-state index is 12.9. The molecule has 1 saturated heterocycles. The molecule has 3 unspecified atom stereocenters. The molecular weight excluding hydrogens is 452 g/mol. The average Bonchev–Trinajstić information content (AvgIpc) is 3.29. The van der Waals surface area contributed by atoms with Crippen molar-refractivity contribution < 1.29 is 33.7 Å². The molecule has 0 radical (unpaired) electrons. The summed E-state index contributed by atoms with van der Waals surface area (Å²) in [6, 6.07) is 7.08. The number of carbonyl (C=O) groups excluding carboxylic acids is 3. The van der Waals surface area contributed by atoms with E-state index in [-0.39, 0.29) is 36.0 Å². The number of benzene rings is 1. The number of aliphatic hydroxyl groups excluding tert-OH is 1. The lowest BCUT2D eigenvalue weighted by molar-refractivity contribution is -0.166. The van der Waals surface area contributed by atoms with E-state index in [4.69, 9.17) is 14.2 Å². The number of hydrogen-bond donors (Lipinski definition) is 2. The summed E-state index contributed by atoms with van der Waals surface area (Å²) < 4.78 is 16.6. The van der Waals surface area contributed by atoms with Crippen LogP contribution in [0.2, 0.25) is 0 Å². The van der Waals surface area contributed by atoms with Crippen molar-refractivity contribution in [3.8, 4) is 0 Å². The van der Waals surface area contributed by atoms with Gasteiger partial charge in [0.05, 0.1) is 12.7 Å². The van der Waals surface area contributed by atoms with Crippen molar-refractivity contribution in [3.63, 3.8) is 0 Å². The lowest BCUT2D eigenvalue weighted by Crippen LogP contribution is -2.39. The third kappa shape index (κ3) is 7.05. The van der Waals surface area contributed by atoms with E-state index in [1.165, 1.54) is 7.11 Å². The third-order valence-electron chi connectivity index (χ3n) is 6.41. The number of aliphatic hydroxyl groups is 1. The average molecular weight is 489 g/mol. The first kappa shape index (κ1) is 26.7. The molecule has 1 aromatic rings. The summed E-state index contributed by atoms with van der Waals surface area (Å²) in [6.45, 7) is 4.15. The van der Waals surface area contributed by atoms with E-state index in [1.54, 1.807) is 18.2 Å². The van der Waals surface area contributed by atoms with E-state index in [2.05, 4.69) is 5.32 Å². The van der Waals surface area contributed by atoms with Gasteiger partial charge in [0.2, 0.25) is 12.2 Å². The number of carbonyl (C=O) groups is 3. The maximum Gasteiger partial charge on any atom is 0.337 e. The van der Waals surface area contributed by atoms with Gasteiger partial charge in [-0.05, 0) is 56.4 Å². The van der Waals surface area contributed by atoms with E-state index in [0.717, 1.165) is 18.5 Å². The molecule has 9 heteroatoms. The van der Waals surface area contributed by atoms with Gasteiger partial charge >= 0.3 is 5.97 Å². The Morgan fingerprint density at radius 2 is 2.00 bits per heavy atom. The number of hydrogen-bond acceptors (Lipinski definition) is 7. The van der Waals surface area contributed by atoms with E-state index in [0.29, 0.717) is 50.9 Å². The van der Waals surface area contributed by atoms with Gasteiger partial charge in [0, 0.05) is 51.1 Å². The molecule has 0 aromatic heterocycles. The molecule has 1 aromatic carbocycles. The second-order valence-electron chi connectivity index (χ2n) is 8.74. The molecule has 0 aliphatic carbocycles. The molecule has 9 nitrogen and oxygen atoms in total. The molecule has 3 rings (SSSR count). The van der Waals surface area contributed by atoms with Crippen LogP contribution in [-0.4, -0.2) is 74.0 Å². The topological polar surface area (TPSA) is 114 Å². The van der Waals surface area contributed by atoms with Crippen LogP contribution >= 0.6 is 0 Å². The van der Waals surface area contributed by atoms with Crippen LogP contribution in [0.4, 0.5) is 0 Å². The summed E-state index contributed by atoms with van der Waals surface area (Å²) in [5, 5.41) is 12.3. The van der Waals surface area contributed by atoms with Gasteiger partial charge in [0.15, 0.2) is 5.76 Å². The predicted molar refractivity (Wildman–Crippen MR) is 128 cm³/mol. The Kier molecular flexibility index (Phi) is 10.1. The summed E-state index contributed by atoms with van der Waals surface area (Å²) >= 11 is 0. The third-order valence-corrected chi connectivity index (χ3v) is 6.41. The number of ether oxygens (including phenoxy) is 3. The molecule has 35 heavy (non-hydrogen) atoms. The molecule has 3 atom stereocenters. The lowest BCUT2D eigenvalue weighted by atomic mass is 9.80. The zero-order chi connectivity index (χ0) is 25.2. The van der Waals surface area contributed by atoms with E-state index >= 15 is 0 Å². The summed E-state index contributed by atoms with van der Waals surface area (Å²) in [5.41, 5.74) is 1.35. The van der Waals surface area contributed by atoms with Crippen molar-refractivity contribution in [2.75, 3.05) is 40.0 Å². The van der Waals surface area contributed by atoms with Gasteiger partial charge in [0.1, 0.15) is 0 Å². The summed E-state index contributed by atoms with van der Waals surface area (Å²) in [5.74, 6) is -0.726. The number of methoxy groups -OCH3 is 1. The highest BCUT2D eigenvalue weighted by Gasteiger charge is 2.37. The molecule has 2 aliphatic heterocycles. The van der Waals surface area contributed by atoms with Gasteiger partial charge in [-0.2, -0.15) is 0 Å². The number of likely N-dealkylation sites (tertiary alicyclic amines) is 1. The van der Waals surface area contributed by atoms with Crippen molar-refractivity contribution in [2.24, 2.45) is 5.92 Å². The van der Waals surface area contributed by atoms with Crippen LogP contribution in [0.25, 0.3) is 0 Å². The van der Waals surface area contributed by atoms with Crippen LogP contribution in [0.3, 0.4) is 0 Å². The molecule has 0 saturated carbocycles. The minimum atomic E-state index is -0.648. The number of esters is 1. The van der Waals surface area contributed by atoms with Crippen LogP contribution in [0.5, 0.6) is 0 Å². The monoisotopic (exact) mass is 488 g/mol. The molecule has 2 N–H and O–H groups in total. The van der Waals surface area contributed by atoms with Crippen molar-refractivity contribution in [1.29, 1.82) is 0 Å². The van der Waals surface area contributed by atoms with Crippen LogP contribution in [0.15, 0.2) is 36.1 Å². The molecule has 2 amide bonds. The first-order chi connectivity index (χ1) is 17.0. The van der Waals surface area contributed by atoms with Crippen molar-refractivity contribution in [2.45, 2.75) is 51.2 Å². The van der Waals surface area contributed by atoms with Crippen LogP contribution < -0.4 is 5.32 Å². The second-order valence-corrected chi connectivity index (χ2v) is 8.74. The van der Waals surface area contributed by atoms with Gasteiger partial charge in [-0.15, -0.1) is 0 Å². The number of rotatable bonds is 12. The van der Waals surface area contributed by atoms with Crippen molar-refractivity contribution in [1.82, 2.24) is 10.2 Å². The van der Waals surface area contributed by atoms with Gasteiger partial charge < -0.3 is 29.5 Å². The highest BCUT2D eigenvalue weighted by Crippen LogP contribution is 2.39. The Balaban J connectivity index is 1.75. The number of amides is 2. The Hall–Kier alpha value is -2.91. The van der Waals surface area contributed by atoms with E-state index < -0.39 is 12.3 Å². The summed E-state index contributed by atoms with van der Waals surface area (Å²) in [7, 11) is 1.34. The largest absolute Gasteiger partial charge is 0.465 e. The quantitative estimate of drug-likeness (QED) is 0.343. The van der Waals surface area contributed by atoms with Crippen LogP contribution in [0, 0.1) is 5.92 Å². The maximum absolute atomic E-state index is 12.9. The first-order valence-corrected chi connectivity index (χ1v) is 12.3. The fraction of sp³-hybridized carbons (Fsp3) is 0.577. The molecule has 1 fully saturated rings. The normalized spacial score (nSPS) is 21.9. The summed E-state index contributed by atoms with van der Waals surface area (Å²) in [6.07, 6.45) is 4.51. The van der Waals surface area contributed by atoms with Crippen LogP contribution in [-0.2, 0) is 23.8 Å². The standard InChI is InChI=1S/C26H36N2O7/c1-3-34-26-20(7-5-16-29)21(18-9-11-19(12-10-18)25(32)33-2)17-22(35-26)24(31)27-13-6-15-28-14-4-8-23(28)30/h9-12,17,20-21,26,29H,3-8,13-16H2,1-2H3,(H,27,31). The van der Waals surface area contributed by atoms with Crippen LogP contribution in [0.1, 0.15) is 60.9 Å². The number of nitrogens with one attached hydrogen (secondary N) is 1. The molecule has 0 bridgehead atoms. The molecule has 0 spiro atoms. The Bertz CT molecular complexity index is 899. The molecule has 2 aliphatic rings. The highest BCUT2D eigenvalue weighted by molar-refractivity contribution is 5.92. The van der Waals surface area contributed by atoms with Crippen molar-refractivity contribution in [3.05, 3.63) is 47.2 Å². The second kappa shape index (κ2) is 13.3. The molecule has 2 heterocycles. The minimum Gasteiger partial charge on any atom is -0.465 e. The lowest BCUT2D eigenvalue weighted by Gasteiger charge is -2.37. The Labute approximate surface area is 206 Å². The SMILES string of the molecule is CCOC1OC(C(=O)NCCCN2CCCC2=O)=CC(c2ccc(C(=O)OC)cc2)C1CCCO. The Morgan fingerprint density at radius 1 is 1.23 bits per heavy atom. The van der Waals surface area contributed by atoms with Crippen molar-refractivity contribution >= 4 is 17.8 Å². The first-order valence-electron chi connectivity index (χ1n) is 12.3. The zero-order valence-electron chi connectivity index (χ0n) is 20.5. The minimum absolute atomic E-state index is 0.0416. The number of nitrogens with zero attached hydrogens (tertiary/aromatic N) is 1. The highest BCUT2D eigenvalue weighted by atomic mass is 16.7. The van der Waals surface area contributed by atoms with E-state index in [9.17, 15) is 19.5 Å². The summed E-state index contributed by atoms with van der Waals surface area (Å²) in [4.78, 5) is 38.4. The molecular formula is C26H36N2O7. The predicted octanol–water partition coefficient (Wildman–Crippen LogP) is 2.35. The fourth-order valence-corrected chi connectivity index (χ4v) is 4.60. The fourth-order valence-electron chi connectivity index (χ4n) is 4.60. The molecule has 192 valence electrons.